The Balaban J connectivity index is 2.06. The number of sulfonamides is 1. The molecule has 39 heavy (non-hydrogen) atoms. The van der Waals surface area contributed by atoms with E-state index in [9.17, 15) is 22.4 Å². The Morgan fingerprint density at radius 2 is 1.56 bits per heavy atom. The summed E-state index contributed by atoms with van der Waals surface area (Å²) in [5.74, 6) is -1.44. The monoisotopic (exact) mass is 593 g/mol. The van der Waals surface area contributed by atoms with Crippen LogP contribution in [0.3, 0.4) is 0 Å². The third kappa shape index (κ3) is 7.94. The van der Waals surface area contributed by atoms with Crippen LogP contribution in [0.5, 0.6) is 0 Å². The predicted octanol–water partition coefficient (Wildman–Crippen LogP) is 5.66. The van der Waals surface area contributed by atoms with Crippen LogP contribution in [0, 0.1) is 5.82 Å². The minimum Gasteiger partial charge on any atom is -0.354 e. The van der Waals surface area contributed by atoms with Gasteiger partial charge in [-0.25, -0.2) is 12.8 Å². The molecule has 2 amide bonds. The Morgan fingerprint density at radius 3 is 2.13 bits per heavy atom. The Labute approximate surface area is 238 Å². The lowest BCUT2D eigenvalue weighted by atomic mass is 10.1. The highest BCUT2D eigenvalue weighted by atomic mass is 35.5. The van der Waals surface area contributed by atoms with E-state index in [0.717, 1.165) is 4.31 Å². The third-order valence-corrected chi connectivity index (χ3v) is 8.17. The SMILES string of the molecule is CCCNC(=O)C(CC)N(Cc1ccc(F)cc1)C(=O)CN(c1cc(Cl)cc(Cl)c1)S(=O)(=O)c1ccccc1. The van der Waals surface area contributed by atoms with E-state index in [2.05, 4.69) is 5.32 Å². The molecule has 7 nitrogen and oxygen atoms in total. The molecular formula is C28H30Cl2FN3O4S. The first kappa shape index (κ1) is 30.4. The first-order valence-electron chi connectivity index (χ1n) is 12.4. The molecule has 3 aromatic rings. The van der Waals surface area contributed by atoms with Gasteiger partial charge in [0.15, 0.2) is 0 Å². The number of carbonyl (C=O) groups is 2. The quantitative estimate of drug-likeness (QED) is 0.293. The lowest BCUT2D eigenvalue weighted by molar-refractivity contribution is -0.140. The van der Waals surface area contributed by atoms with Crippen LogP contribution in [0.25, 0.3) is 0 Å². The van der Waals surface area contributed by atoms with Gasteiger partial charge in [-0.1, -0.05) is 67.4 Å². The van der Waals surface area contributed by atoms with Crippen LogP contribution >= 0.6 is 23.2 Å². The van der Waals surface area contributed by atoms with Crippen LogP contribution in [-0.2, 0) is 26.2 Å². The second-order valence-electron chi connectivity index (χ2n) is 8.82. The second kappa shape index (κ2) is 13.8. The molecule has 0 fully saturated rings. The van der Waals surface area contributed by atoms with Crippen molar-refractivity contribution in [3.05, 3.63) is 94.2 Å². The van der Waals surface area contributed by atoms with Crippen molar-refractivity contribution in [2.24, 2.45) is 0 Å². The summed E-state index contributed by atoms with van der Waals surface area (Å²) >= 11 is 12.4. The van der Waals surface area contributed by atoms with Crippen molar-refractivity contribution >= 4 is 50.7 Å². The number of nitrogens with zero attached hydrogens (tertiary/aromatic N) is 2. The predicted molar refractivity (Wildman–Crippen MR) is 152 cm³/mol. The Morgan fingerprint density at radius 1 is 0.949 bits per heavy atom. The summed E-state index contributed by atoms with van der Waals surface area (Å²) in [6, 6.07) is 16.6. The zero-order chi connectivity index (χ0) is 28.6. The van der Waals surface area contributed by atoms with E-state index >= 15 is 0 Å². The van der Waals surface area contributed by atoms with Gasteiger partial charge < -0.3 is 10.2 Å². The summed E-state index contributed by atoms with van der Waals surface area (Å²) in [7, 11) is -4.24. The lowest BCUT2D eigenvalue weighted by Gasteiger charge is -2.33. The average Bonchev–Trinajstić information content (AvgIpc) is 2.91. The largest absolute Gasteiger partial charge is 0.354 e. The molecule has 0 bridgehead atoms. The number of rotatable bonds is 12. The molecule has 3 rings (SSSR count). The summed E-state index contributed by atoms with van der Waals surface area (Å²) in [5, 5.41) is 3.18. The van der Waals surface area contributed by atoms with Crippen LogP contribution in [-0.4, -0.2) is 44.3 Å². The second-order valence-corrected chi connectivity index (χ2v) is 11.6. The van der Waals surface area contributed by atoms with Gasteiger partial charge in [-0.15, -0.1) is 0 Å². The van der Waals surface area contributed by atoms with Gasteiger partial charge in [-0.05, 0) is 60.9 Å². The Bertz CT molecular complexity index is 1370. The molecule has 0 spiro atoms. The van der Waals surface area contributed by atoms with Gasteiger partial charge in [0.05, 0.1) is 10.6 Å². The van der Waals surface area contributed by atoms with Gasteiger partial charge in [0.1, 0.15) is 18.4 Å². The molecular weight excluding hydrogens is 564 g/mol. The highest BCUT2D eigenvalue weighted by Crippen LogP contribution is 2.30. The topological polar surface area (TPSA) is 86.8 Å². The summed E-state index contributed by atoms with van der Waals surface area (Å²) in [6.07, 6.45) is 0.976. The number of carbonyl (C=O) groups excluding carboxylic acids is 2. The van der Waals surface area contributed by atoms with Crippen molar-refractivity contribution in [2.75, 3.05) is 17.4 Å². The molecule has 11 heteroatoms. The number of hydrogen-bond donors (Lipinski definition) is 1. The van der Waals surface area contributed by atoms with Gasteiger partial charge in [-0.2, -0.15) is 0 Å². The van der Waals surface area contributed by atoms with Gasteiger partial charge in [0, 0.05) is 23.1 Å². The molecule has 0 saturated heterocycles. The Hall–Kier alpha value is -3.14. The van der Waals surface area contributed by atoms with Gasteiger partial charge >= 0.3 is 0 Å². The maximum Gasteiger partial charge on any atom is 0.264 e. The standard InChI is InChI=1S/C28H30Cl2FN3O4S/c1-3-14-32-28(36)26(4-2)33(18-20-10-12-23(31)13-11-20)27(35)19-34(24-16-21(29)15-22(30)17-24)39(37,38)25-8-6-5-7-9-25/h5-13,15-17,26H,3-4,14,18-19H2,1-2H3,(H,32,36). The molecule has 1 atom stereocenters. The molecule has 0 aliphatic carbocycles. The summed E-state index contributed by atoms with van der Waals surface area (Å²) in [5.41, 5.74) is 0.671. The van der Waals surface area contributed by atoms with Crippen molar-refractivity contribution in [3.8, 4) is 0 Å². The van der Waals surface area contributed by atoms with Crippen LogP contribution in [0.4, 0.5) is 10.1 Å². The fraction of sp³-hybridized carbons (Fsp3) is 0.286. The minimum absolute atomic E-state index is 0.0350. The summed E-state index contributed by atoms with van der Waals surface area (Å²) in [4.78, 5) is 28.3. The summed E-state index contributed by atoms with van der Waals surface area (Å²) < 4.78 is 42.0. The molecule has 3 aromatic carbocycles. The number of benzene rings is 3. The first-order valence-corrected chi connectivity index (χ1v) is 14.6. The molecule has 0 aromatic heterocycles. The van der Waals surface area contributed by atoms with E-state index in [4.69, 9.17) is 23.2 Å². The first-order chi connectivity index (χ1) is 18.6. The van der Waals surface area contributed by atoms with E-state index < -0.39 is 34.3 Å². The van der Waals surface area contributed by atoms with Crippen molar-refractivity contribution in [1.29, 1.82) is 0 Å². The number of anilines is 1. The molecule has 0 heterocycles. The molecule has 1 unspecified atom stereocenters. The van der Waals surface area contributed by atoms with E-state index in [-0.39, 0.29) is 39.5 Å². The van der Waals surface area contributed by atoms with Crippen LogP contribution < -0.4 is 9.62 Å². The number of amides is 2. The van der Waals surface area contributed by atoms with Crippen LogP contribution in [0.1, 0.15) is 32.3 Å². The number of hydrogen-bond acceptors (Lipinski definition) is 4. The third-order valence-electron chi connectivity index (χ3n) is 5.95. The fourth-order valence-corrected chi connectivity index (χ4v) is 5.94. The maximum absolute atomic E-state index is 13.9. The van der Waals surface area contributed by atoms with Crippen molar-refractivity contribution in [3.63, 3.8) is 0 Å². The number of halogens is 3. The molecule has 0 radical (unpaired) electrons. The fourth-order valence-electron chi connectivity index (χ4n) is 4.00. The van der Waals surface area contributed by atoms with E-state index in [1.807, 2.05) is 6.92 Å². The minimum atomic E-state index is -4.24. The molecule has 1 N–H and O–H groups in total. The van der Waals surface area contributed by atoms with Crippen molar-refractivity contribution in [1.82, 2.24) is 10.2 Å². The van der Waals surface area contributed by atoms with Gasteiger partial charge in [0.2, 0.25) is 11.8 Å². The Kier molecular flexibility index (Phi) is 10.7. The molecule has 0 aliphatic heterocycles. The van der Waals surface area contributed by atoms with E-state index in [1.54, 1.807) is 25.1 Å². The van der Waals surface area contributed by atoms with E-state index in [1.165, 1.54) is 59.5 Å². The number of nitrogens with one attached hydrogen (secondary N) is 1. The van der Waals surface area contributed by atoms with Gasteiger partial charge in [0.25, 0.3) is 10.0 Å². The van der Waals surface area contributed by atoms with Crippen molar-refractivity contribution in [2.45, 2.75) is 44.2 Å². The van der Waals surface area contributed by atoms with Crippen LogP contribution in [0.2, 0.25) is 10.0 Å². The zero-order valence-electron chi connectivity index (χ0n) is 21.6. The van der Waals surface area contributed by atoms with Crippen LogP contribution in [0.15, 0.2) is 77.7 Å². The highest BCUT2D eigenvalue weighted by molar-refractivity contribution is 7.92. The van der Waals surface area contributed by atoms with Gasteiger partial charge in [-0.3, -0.25) is 13.9 Å². The smallest absolute Gasteiger partial charge is 0.264 e. The molecule has 0 aliphatic rings. The van der Waals surface area contributed by atoms with E-state index in [0.29, 0.717) is 18.5 Å². The normalized spacial score (nSPS) is 12.0. The summed E-state index contributed by atoms with van der Waals surface area (Å²) in [6.45, 7) is 3.42. The average molecular weight is 595 g/mol. The van der Waals surface area contributed by atoms with Crippen molar-refractivity contribution < 1.29 is 22.4 Å². The zero-order valence-corrected chi connectivity index (χ0v) is 23.9. The lowest BCUT2D eigenvalue weighted by Crippen LogP contribution is -2.52. The molecule has 208 valence electrons. The maximum atomic E-state index is 13.9. The highest BCUT2D eigenvalue weighted by Gasteiger charge is 2.33. The molecule has 0 saturated carbocycles.